The number of rotatable bonds is 4. The fourth-order valence-corrected chi connectivity index (χ4v) is 1.23. The molecule has 0 spiro atoms. The minimum atomic E-state index is 0.538. The third-order valence-corrected chi connectivity index (χ3v) is 2.03. The van der Waals surface area contributed by atoms with Gasteiger partial charge in [0.25, 0.3) is 0 Å². The molecule has 0 heterocycles. The molecule has 1 aromatic carbocycles. The third-order valence-electron chi connectivity index (χ3n) is 2.03. The summed E-state index contributed by atoms with van der Waals surface area (Å²) in [6.45, 7) is 4.21. The van der Waals surface area contributed by atoms with E-state index in [1.807, 2.05) is 13.0 Å². The molecule has 1 N–H and O–H groups in total. The molecule has 0 radical (unpaired) electrons. The van der Waals surface area contributed by atoms with Gasteiger partial charge in [0.15, 0.2) is 11.5 Å². The van der Waals surface area contributed by atoms with Gasteiger partial charge in [-0.25, -0.2) is 0 Å². The Balaban J connectivity index is 3.07. The van der Waals surface area contributed by atoms with Crippen LogP contribution in [-0.2, 0) is 0 Å². The van der Waals surface area contributed by atoms with Gasteiger partial charge in [-0.05, 0) is 32.0 Å². The summed E-state index contributed by atoms with van der Waals surface area (Å²) in [6, 6.07) is 5.40. The SMILES string of the molecule is CCOc1ccc(/C(C)=N/O)cc1OC. The molecule has 0 bridgehead atoms. The molecule has 82 valence electrons. The van der Waals surface area contributed by atoms with Crippen LogP contribution in [0.25, 0.3) is 0 Å². The zero-order chi connectivity index (χ0) is 11.3. The quantitative estimate of drug-likeness (QED) is 0.470. The maximum atomic E-state index is 8.64. The third kappa shape index (κ3) is 2.62. The first-order chi connectivity index (χ1) is 7.22. The molecule has 4 nitrogen and oxygen atoms in total. The summed E-state index contributed by atoms with van der Waals surface area (Å²) in [4.78, 5) is 0. The molecule has 0 fully saturated rings. The first-order valence-electron chi connectivity index (χ1n) is 4.72. The number of hydrogen-bond donors (Lipinski definition) is 1. The molecule has 0 aliphatic heterocycles. The van der Waals surface area contributed by atoms with Crippen LogP contribution >= 0.6 is 0 Å². The van der Waals surface area contributed by atoms with Gasteiger partial charge in [-0.2, -0.15) is 0 Å². The van der Waals surface area contributed by atoms with E-state index in [1.165, 1.54) is 0 Å². The molecular weight excluding hydrogens is 194 g/mol. The van der Waals surface area contributed by atoms with Gasteiger partial charge in [0.05, 0.1) is 19.4 Å². The Bertz CT molecular complexity index is 361. The van der Waals surface area contributed by atoms with Crippen LogP contribution in [0, 0.1) is 0 Å². The molecule has 15 heavy (non-hydrogen) atoms. The van der Waals surface area contributed by atoms with Gasteiger partial charge in [0.2, 0.25) is 0 Å². The summed E-state index contributed by atoms with van der Waals surface area (Å²) in [7, 11) is 1.58. The van der Waals surface area contributed by atoms with Gasteiger partial charge < -0.3 is 14.7 Å². The van der Waals surface area contributed by atoms with Gasteiger partial charge in [0, 0.05) is 5.56 Å². The highest BCUT2D eigenvalue weighted by molar-refractivity contribution is 5.98. The maximum absolute atomic E-state index is 8.64. The van der Waals surface area contributed by atoms with Crippen LogP contribution in [0.1, 0.15) is 19.4 Å². The Labute approximate surface area is 89.1 Å². The first-order valence-corrected chi connectivity index (χ1v) is 4.72. The fraction of sp³-hybridized carbons (Fsp3) is 0.364. The Morgan fingerprint density at radius 2 is 2.13 bits per heavy atom. The van der Waals surface area contributed by atoms with Crippen molar-refractivity contribution in [1.82, 2.24) is 0 Å². The predicted molar refractivity (Wildman–Crippen MR) is 58.2 cm³/mol. The molecule has 0 aliphatic carbocycles. The van der Waals surface area contributed by atoms with E-state index in [9.17, 15) is 0 Å². The molecule has 0 amide bonds. The van der Waals surface area contributed by atoms with Gasteiger partial charge in [-0.15, -0.1) is 0 Å². The minimum Gasteiger partial charge on any atom is -0.493 e. The van der Waals surface area contributed by atoms with Crippen LogP contribution in [0.2, 0.25) is 0 Å². The van der Waals surface area contributed by atoms with E-state index >= 15 is 0 Å². The van der Waals surface area contributed by atoms with Crippen molar-refractivity contribution in [3.8, 4) is 11.5 Å². The summed E-state index contributed by atoms with van der Waals surface area (Å²) in [6.07, 6.45) is 0. The summed E-state index contributed by atoms with van der Waals surface area (Å²) < 4.78 is 10.5. The summed E-state index contributed by atoms with van der Waals surface area (Å²) in [5, 5.41) is 11.8. The molecule has 0 unspecified atom stereocenters. The summed E-state index contributed by atoms with van der Waals surface area (Å²) in [5.41, 5.74) is 1.34. The van der Waals surface area contributed by atoms with Crippen molar-refractivity contribution in [3.63, 3.8) is 0 Å². The van der Waals surface area contributed by atoms with E-state index in [1.54, 1.807) is 26.2 Å². The van der Waals surface area contributed by atoms with E-state index < -0.39 is 0 Å². The molecule has 0 saturated heterocycles. The second-order valence-corrected chi connectivity index (χ2v) is 2.98. The van der Waals surface area contributed by atoms with Gasteiger partial charge in [-0.3, -0.25) is 0 Å². The van der Waals surface area contributed by atoms with E-state index in [0.717, 1.165) is 5.56 Å². The topological polar surface area (TPSA) is 51.0 Å². The van der Waals surface area contributed by atoms with Gasteiger partial charge in [-0.1, -0.05) is 5.16 Å². The standard InChI is InChI=1S/C11H15NO3/c1-4-15-10-6-5-9(8(2)12-13)7-11(10)14-3/h5-7,13H,4H2,1-3H3/b12-8+. The Morgan fingerprint density at radius 3 is 2.67 bits per heavy atom. The lowest BCUT2D eigenvalue weighted by molar-refractivity contribution is 0.310. The number of methoxy groups -OCH3 is 1. The van der Waals surface area contributed by atoms with Crippen LogP contribution in [0.4, 0.5) is 0 Å². The van der Waals surface area contributed by atoms with E-state index in [4.69, 9.17) is 14.7 Å². The number of nitrogens with zero attached hydrogens (tertiary/aromatic N) is 1. The molecule has 0 aromatic heterocycles. The van der Waals surface area contributed by atoms with Crippen LogP contribution in [0.5, 0.6) is 11.5 Å². The lowest BCUT2D eigenvalue weighted by Crippen LogP contribution is -1.99. The van der Waals surface area contributed by atoms with Crippen molar-refractivity contribution in [1.29, 1.82) is 0 Å². The average Bonchev–Trinajstić information content (AvgIpc) is 2.29. The smallest absolute Gasteiger partial charge is 0.161 e. The van der Waals surface area contributed by atoms with Crippen LogP contribution in [0.15, 0.2) is 23.4 Å². The number of benzene rings is 1. The van der Waals surface area contributed by atoms with E-state index in [2.05, 4.69) is 5.16 Å². The van der Waals surface area contributed by atoms with Gasteiger partial charge in [0.1, 0.15) is 0 Å². The maximum Gasteiger partial charge on any atom is 0.161 e. The summed E-state index contributed by atoms with van der Waals surface area (Å²) >= 11 is 0. The van der Waals surface area contributed by atoms with Crippen molar-refractivity contribution in [2.24, 2.45) is 5.16 Å². The average molecular weight is 209 g/mol. The zero-order valence-electron chi connectivity index (χ0n) is 9.15. The Kier molecular flexibility index (Phi) is 3.97. The normalized spacial score (nSPS) is 11.3. The Morgan fingerprint density at radius 1 is 1.40 bits per heavy atom. The second kappa shape index (κ2) is 5.24. The van der Waals surface area contributed by atoms with Crippen LogP contribution in [-0.4, -0.2) is 24.6 Å². The predicted octanol–water partition coefficient (Wildman–Crippen LogP) is 2.29. The molecule has 1 aromatic rings. The number of ether oxygens (including phenoxy) is 2. The largest absolute Gasteiger partial charge is 0.493 e. The fourth-order valence-electron chi connectivity index (χ4n) is 1.23. The van der Waals surface area contributed by atoms with Crippen LogP contribution < -0.4 is 9.47 Å². The van der Waals surface area contributed by atoms with E-state index in [-0.39, 0.29) is 0 Å². The van der Waals surface area contributed by atoms with Gasteiger partial charge >= 0.3 is 0 Å². The van der Waals surface area contributed by atoms with Crippen molar-refractivity contribution < 1.29 is 14.7 Å². The Hall–Kier alpha value is -1.71. The van der Waals surface area contributed by atoms with Crippen molar-refractivity contribution in [2.45, 2.75) is 13.8 Å². The second-order valence-electron chi connectivity index (χ2n) is 2.98. The minimum absolute atomic E-state index is 0.538. The monoisotopic (exact) mass is 209 g/mol. The van der Waals surface area contributed by atoms with Crippen LogP contribution in [0.3, 0.4) is 0 Å². The molecule has 0 aliphatic rings. The molecule has 0 atom stereocenters. The lowest BCUT2D eigenvalue weighted by atomic mass is 10.1. The highest BCUT2D eigenvalue weighted by Crippen LogP contribution is 2.28. The van der Waals surface area contributed by atoms with Crippen molar-refractivity contribution in [2.75, 3.05) is 13.7 Å². The zero-order valence-corrected chi connectivity index (χ0v) is 9.15. The van der Waals surface area contributed by atoms with E-state index in [0.29, 0.717) is 23.8 Å². The molecule has 0 saturated carbocycles. The summed E-state index contributed by atoms with van der Waals surface area (Å²) in [5.74, 6) is 1.33. The van der Waals surface area contributed by atoms with Crippen molar-refractivity contribution in [3.05, 3.63) is 23.8 Å². The first kappa shape index (κ1) is 11.4. The molecular formula is C11H15NO3. The molecule has 4 heteroatoms. The highest BCUT2D eigenvalue weighted by atomic mass is 16.5. The van der Waals surface area contributed by atoms with Crippen molar-refractivity contribution >= 4 is 5.71 Å². The lowest BCUT2D eigenvalue weighted by Gasteiger charge is -2.10. The highest BCUT2D eigenvalue weighted by Gasteiger charge is 2.06. The number of oxime groups is 1. The number of hydrogen-bond acceptors (Lipinski definition) is 4. The molecule has 1 rings (SSSR count).